The maximum atomic E-state index is 15.3. The van der Waals surface area contributed by atoms with Gasteiger partial charge in [-0.3, -0.25) is 14.4 Å². The summed E-state index contributed by atoms with van der Waals surface area (Å²) in [7, 11) is 0. The number of hydrogen-bond donors (Lipinski definition) is 1. The third kappa shape index (κ3) is 6.40. The maximum absolute atomic E-state index is 15.3. The highest BCUT2D eigenvalue weighted by Crippen LogP contribution is 2.72. The first-order valence-electron chi connectivity index (χ1n) is 17.8. The van der Waals surface area contributed by atoms with E-state index in [0.29, 0.717) is 37.3 Å². The lowest BCUT2D eigenvalue weighted by Crippen LogP contribution is -2.58. The van der Waals surface area contributed by atoms with Crippen molar-refractivity contribution in [2.75, 3.05) is 36.1 Å². The Hall–Kier alpha value is -4.34. The summed E-state index contributed by atoms with van der Waals surface area (Å²) < 4.78 is 4.20. The first kappa shape index (κ1) is 36.5. The molecule has 0 saturated carbocycles. The van der Waals surface area contributed by atoms with Crippen molar-refractivity contribution >= 4 is 40.9 Å². The van der Waals surface area contributed by atoms with Crippen molar-refractivity contribution in [1.82, 2.24) is 4.90 Å². The van der Waals surface area contributed by atoms with Crippen LogP contribution in [0.3, 0.4) is 0 Å². The second-order valence-electron chi connectivity index (χ2n) is 14.2. The van der Waals surface area contributed by atoms with E-state index < -0.39 is 33.4 Å². The van der Waals surface area contributed by atoms with Crippen LogP contribution in [0.1, 0.15) is 43.4 Å². The van der Waals surface area contributed by atoms with Crippen LogP contribution in [0.4, 0.5) is 11.4 Å². The number of nitrogens with zero attached hydrogens (tertiary/aromatic N) is 3. The Kier molecular flexibility index (Phi) is 10.5. The Morgan fingerprint density at radius 2 is 1.69 bits per heavy atom. The molecule has 6 rings (SSSR count). The zero-order valence-corrected chi connectivity index (χ0v) is 30.9. The van der Waals surface area contributed by atoms with Gasteiger partial charge in [0.25, 0.3) is 5.91 Å². The molecule has 3 aliphatic heterocycles. The third-order valence-corrected chi connectivity index (χ3v) is 12.9. The molecule has 3 heterocycles. The monoisotopic (exact) mass is 707 g/mol. The first-order chi connectivity index (χ1) is 24.5. The molecule has 2 unspecified atom stereocenters. The number of ether oxygens (including phenoxy) is 1. The molecule has 3 aromatic rings. The molecule has 1 spiro atoms. The van der Waals surface area contributed by atoms with Crippen LogP contribution >= 0.6 is 11.8 Å². The van der Waals surface area contributed by atoms with Crippen LogP contribution in [0, 0.1) is 25.7 Å². The van der Waals surface area contributed by atoms with Gasteiger partial charge in [0.2, 0.25) is 11.8 Å². The maximum Gasteiger partial charge on any atom is 0.251 e. The van der Waals surface area contributed by atoms with Crippen LogP contribution in [-0.2, 0) is 20.8 Å². The van der Waals surface area contributed by atoms with Crippen LogP contribution in [0.25, 0.3) is 0 Å². The van der Waals surface area contributed by atoms with Crippen molar-refractivity contribution in [3.8, 4) is 5.75 Å². The summed E-state index contributed by atoms with van der Waals surface area (Å²) in [6.07, 6.45) is 5.05. The Morgan fingerprint density at radius 1 is 1.00 bits per heavy atom. The second kappa shape index (κ2) is 14.7. The number of carbonyl (C=O) groups is 3. The van der Waals surface area contributed by atoms with Gasteiger partial charge in [0, 0.05) is 29.2 Å². The van der Waals surface area contributed by atoms with Crippen LogP contribution in [0.2, 0.25) is 0 Å². The van der Waals surface area contributed by atoms with E-state index in [-0.39, 0.29) is 37.4 Å². The number of aliphatic hydroxyl groups excluding tert-OH is 1. The van der Waals surface area contributed by atoms with E-state index in [1.54, 1.807) is 38.6 Å². The topological polar surface area (TPSA) is 90.4 Å². The summed E-state index contributed by atoms with van der Waals surface area (Å²) in [6, 6.07) is 21.6. The summed E-state index contributed by atoms with van der Waals surface area (Å²) in [5, 5.41) is 11.0. The van der Waals surface area contributed by atoms with Gasteiger partial charge in [0.15, 0.2) is 0 Å². The number of rotatable bonds is 14. The SMILES string of the molecule is C=CCN(C(=O)[C@H]1[C@H]2C(=O)N([C@@H](CO)Cc3ccccc3)C(C(=O)N(CC=C)c3cc(C)ccc3C)C23CC[C@]1(C)S3)c1ccc(OCC)cc1. The predicted octanol–water partition coefficient (Wildman–Crippen LogP) is 6.53. The molecule has 3 aromatic carbocycles. The molecule has 0 aromatic heterocycles. The molecule has 51 heavy (non-hydrogen) atoms. The van der Waals surface area contributed by atoms with E-state index in [1.807, 2.05) is 93.6 Å². The third-order valence-electron chi connectivity index (χ3n) is 10.9. The number of hydrogen-bond acceptors (Lipinski definition) is 6. The van der Waals surface area contributed by atoms with Gasteiger partial charge in [-0.1, -0.05) is 54.6 Å². The van der Waals surface area contributed by atoms with Gasteiger partial charge >= 0.3 is 0 Å². The minimum absolute atomic E-state index is 0.164. The van der Waals surface area contributed by atoms with Crippen molar-refractivity contribution < 1.29 is 24.2 Å². The van der Waals surface area contributed by atoms with Gasteiger partial charge in [-0.15, -0.1) is 24.9 Å². The minimum Gasteiger partial charge on any atom is -0.494 e. The lowest BCUT2D eigenvalue weighted by Gasteiger charge is -2.40. The minimum atomic E-state index is -0.904. The average molecular weight is 708 g/mol. The largest absolute Gasteiger partial charge is 0.494 e. The standard InChI is InChI=1S/C42H49N3O5S/c1-7-23-43(31-17-19-33(20-18-31)50-9-3)38(47)35-36-39(48)45(32(27-46)26-30-13-11-10-12-14-30)37(42(36)22-21-41(35,6)51-42)40(49)44(24-8-2)34-25-28(4)15-16-29(34)5/h7-8,10-20,25,32,35-37,46H,1-2,9,21-24,26-27H2,3-6H3/t32-,35-,36+,37?,41+,42?/m1/s1. The lowest BCUT2D eigenvalue weighted by molar-refractivity contribution is -0.142. The molecular formula is C42H49N3O5S. The quantitative estimate of drug-likeness (QED) is 0.192. The molecular weight excluding hydrogens is 659 g/mol. The van der Waals surface area contributed by atoms with Crippen LogP contribution < -0.4 is 14.5 Å². The summed E-state index contributed by atoms with van der Waals surface area (Å²) in [5.74, 6) is -1.37. The Bertz CT molecular complexity index is 1800. The van der Waals surface area contributed by atoms with E-state index in [9.17, 15) is 9.90 Å². The molecule has 3 fully saturated rings. The molecule has 3 saturated heterocycles. The zero-order chi connectivity index (χ0) is 36.5. The van der Waals surface area contributed by atoms with Crippen molar-refractivity contribution in [3.05, 3.63) is 115 Å². The summed E-state index contributed by atoms with van der Waals surface area (Å²) >= 11 is 1.63. The molecule has 3 amide bonds. The predicted molar refractivity (Wildman–Crippen MR) is 205 cm³/mol. The van der Waals surface area contributed by atoms with E-state index in [0.717, 1.165) is 22.4 Å². The number of amides is 3. The van der Waals surface area contributed by atoms with Gasteiger partial charge in [0.05, 0.1) is 35.8 Å². The molecule has 9 heteroatoms. The normalized spacial score (nSPS) is 25.3. The number of likely N-dealkylation sites (tertiary alicyclic amines) is 1. The highest BCUT2D eigenvalue weighted by Gasteiger charge is 2.78. The van der Waals surface area contributed by atoms with E-state index in [4.69, 9.17) is 4.74 Å². The van der Waals surface area contributed by atoms with E-state index in [2.05, 4.69) is 20.1 Å². The average Bonchev–Trinajstić information content (AvgIpc) is 3.70. The molecule has 6 atom stereocenters. The van der Waals surface area contributed by atoms with Crippen molar-refractivity contribution in [2.24, 2.45) is 11.8 Å². The number of aliphatic hydroxyl groups is 1. The number of fused-ring (bicyclic) bond motifs is 1. The van der Waals surface area contributed by atoms with Crippen LogP contribution in [0.5, 0.6) is 5.75 Å². The van der Waals surface area contributed by atoms with Gasteiger partial charge in [-0.2, -0.15) is 0 Å². The smallest absolute Gasteiger partial charge is 0.251 e. The fourth-order valence-corrected chi connectivity index (χ4v) is 11.0. The molecule has 2 bridgehead atoms. The highest BCUT2D eigenvalue weighted by atomic mass is 32.2. The molecule has 3 aliphatic rings. The molecule has 8 nitrogen and oxygen atoms in total. The summed E-state index contributed by atoms with van der Waals surface area (Å²) in [5.41, 5.74) is 4.35. The van der Waals surface area contributed by atoms with Gasteiger partial charge < -0.3 is 24.5 Å². The van der Waals surface area contributed by atoms with Crippen LogP contribution in [0.15, 0.2) is 98.1 Å². The van der Waals surface area contributed by atoms with Crippen molar-refractivity contribution in [2.45, 2.75) is 68.5 Å². The lowest BCUT2D eigenvalue weighted by atomic mass is 9.66. The number of thioether (sulfide) groups is 1. The second-order valence-corrected chi connectivity index (χ2v) is 16.1. The molecule has 1 N–H and O–H groups in total. The number of benzene rings is 3. The van der Waals surface area contributed by atoms with Gasteiger partial charge in [-0.05, 0) is 94.0 Å². The fraction of sp³-hybridized carbons (Fsp3) is 0.405. The summed E-state index contributed by atoms with van der Waals surface area (Å²) in [6.45, 7) is 16.6. The number of anilines is 2. The molecule has 0 aliphatic carbocycles. The Balaban J connectivity index is 1.47. The van der Waals surface area contributed by atoms with E-state index in [1.165, 1.54) is 0 Å². The number of aryl methyl sites for hydroxylation is 2. The first-order valence-corrected chi connectivity index (χ1v) is 18.7. The zero-order valence-electron chi connectivity index (χ0n) is 30.1. The van der Waals surface area contributed by atoms with Crippen LogP contribution in [-0.4, -0.2) is 75.6 Å². The van der Waals surface area contributed by atoms with Gasteiger partial charge in [-0.25, -0.2) is 0 Å². The fourth-order valence-electron chi connectivity index (χ4n) is 8.65. The van der Waals surface area contributed by atoms with E-state index >= 15 is 9.59 Å². The Morgan fingerprint density at radius 3 is 2.33 bits per heavy atom. The molecule has 0 radical (unpaired) electrons. The van der Waals surface area contributed by atoms with Crippen molar-refractivity contribution in [1.29, 1.82) is 0 Å². The Labute approximate surface area is 306 Å². The van der Waals surface area contributed by atoms with Crippen molar-refractivity contribution in [3.63, 3.8) is 0 Å². The summed E-state index contributed by atoms with van der Waals surface area (Å²) in [4.78, 5) is 50.6. The van der Waals surface area contributed by atoms with Gasteiger partial charge in [0.1, 0.15) is 11.8 Å². The number of carbonyl (C=O) groups excluding carboxylic acids is 3. The molecule has 268 valence electrons. The highest BCUT2D eigenvalue weighted by molar-refractivity contribution is 8.02.